The van der Waals surface area contributed by atoms with Gasteiger partial charge >= 0.3 is 6.03 Å². The molecule has 0 radical (unpaired) electrons. The number of ether oxygens (including phenoxy) is 2. The molecule has 0 aliphatic carbocycles. The zero-order chi connectivity index (χ0) is 18.4. The Bertz CT molecular complexity index is 909. The van der Waals surface area contributed by atoms with Crippen LogP contribution >= 0.6 is 0 Å². The molecule has 0 bridgehead atoms. The highest BCUT2D eigenvalue weighted by Crippen LogP contribution is 2.21. The molecule has 0 saturated carbocycles. The highest BCUT2D eigenvalue weighted by Gasteiger charge is 2.03. The normalized spacial score (nSPS) is 10.4. The van der Waals surface area contributed by atoms with Crippen LogP contribution in [0.5, 0.6) is 11.5 Å². The number of nitrogens with one attached hydrogen (secondary N) is 2. The Hall–Kier alpha value is -3.21. The minimum atomic E-state index is -0.206. The van der Waals surface area contributed by atoms with E-state index in [0.717, 1.165) is 33.4 Å². The van der Waals surface area contributed by atoms with Gasteiger partial charge in [0.1, 0.15) is 11.5 Å². The number of hydrogen-bond acceptors (Lipinski definition) is 3. The van der Waals surface area contributed by atoms with Crippen LogP contribution in [0.1, 0.15) is 11.1 Å². The lowest BCUT2D eigenvalue weighted by molar-refractivity contribution is 0.240. The first kappa shape index (κ1) is 17.6. The average Bonchev–Trinajstić information content (AvgIpc) is 2.70. The lowest BCUT2D eigenvalue weighted by Crippen LogP contribution is -2.34. The van der Waals surface area contributed by atoms with Crippen LogP contribution in [0.25, 0.3) is 10.8 Å². The fraction of sp³-hybridized carbons (Fsp3) is 0.190. The van der Waals surface area contributed by atoms with Gasteiger partial charge in [-0.2, -0.15) is 0 Å². The van der Waals surface area contributed by atoms with Crippen LogP contribution in [-0.2, 0) is 13.1 Å². The lowest BCUT2D eigenvalue weighted by Gasteiger charge is -2.10. The molecule has 2 N–H and O–H groups in total. The van der Waals surface area contributed by atoms with Crippen LogP contribution in [0.4, 0.5) is 4.79 Å². The van der Waals surface area contributed by atoms with Crippen molar-refractivity contribution < 1.29 is 14.3 Å². The van der Waals surface area contributed by atoms with E-state index in [1.807, 2.05) is 54.6 Å². The van der Waals surface area contributed by atoms with Crippen molar-refractivity contribution in [3.8, 4) is 11.5 Å². The van der Waals surface area contributed by atoms with Crippen LogP contribution in [0, 0.1) is 0 Å². The quantitative estimate of drug-likeness (QED) is 0.710. The Kier molecular flexibility index (Phi) is 5.59. The van der Waals surface area contributed by atoms with Gasteiger partial charge in [-0.1, -0.05) is 30.3 Å². The van der Waals surface area contributed by atoms with E-state index in [0.29, 0.717) is 13.1 Å². The summed E-state index contributed by atoms with van der Waals surface area (Å²) in [7, 11) is 3.28. The first-order chi connectivity index (χ1) is 12.7. The van der Waals surface area contributed by atoms with E-state index in [2.05, 4.69) is 16.7 Å². The standard InChI is InChI=1S/C21H22N2O3/c1-25-19-5-3-4-15(11-19)13-22-21(24)23-14-16-6-7-18-12-20(26-2)9-8-17(18)10-16/h3-12H,13-14H2,1-2H3,(H2,22,23,24). The molecular formula is C21H22N2O3. The summed E-state index contributed by atoms with van der Waals surface area (Å²) in [6, 6.07) is 19.5. The molecule has 0 aliphatic rings. The van der Waals surface area contributed by atoms with Gasteiger partial charge < -0.3 is 20.1 Å². The molecule has 5 heteroatoms. The second-order valence-electron chi connectivity index (χ2n) is 5.94. The molecular weight excluding hydrogens is 328 g/mol. The Morgan fingerprint density at radius 1 is 0.769 bits per heavy atom. The van der Waals surface area contributed by atoms with E-state index in [1.165, 1.54) is 0 Å². The number of methoxy groups -OCH3 is 2. The summed E-state index contributed by atoms with van der Waals surface area (Å²) in [5.41, 5.74) is 2.03. The molecule has 134 valence electrons. The Morgan fingerprint density at radius 3 is 2.12 bits per heavy atom. The summed E-state index contributed by atoms with van der Waals surface area (Å²) in [6.07, 6.45) is 0. The Labute approximate surface area is 152 Å². The zero-order valence-corrected chi connectivity index (χ0v) is 14.9. The topological polar surface area (TPSA) is 59.6 Å². The fourth-order valence-electron chi connectivity index (χ4n) is 2.72. The summed E-state index contributed by atoms with van der Waals surface area (Å²) < 4.78 is 10.4. The first-order valence-electron chi connectivity index (χ1n) is 8.39. The first-order valence-corrected chi connectivity index (χ1v) is 8.39. The minimum absolute atomic E-state index is 0.206. The molecule has 0 unspecified atom stereocenters. The van der Waals surface area contributed by atoms with Crippen molar-refractivity contribution in [2.24, 2.45) is 0 Å². The maximum atomic E-state index is 12.0. The van der Waals surface area contributed by atoms with E-state index in [9.17, 15) is 4.79 Å². The number of carbonyl (C=O) groups excluding carboxylic acids is 1. The second-order valence-corrected chi connectivity index (χ2v) is 5.94. The van der Waals surface area contributed by atoms with Crippen molar-refractivity contribution in [3.63, 3.8) is 0 Å². The maximum Gasteiger partial charge on any atom is 0.315 e. The summed E-state index contributed by atoms with van der Waals surface area (Å²) >= 11 is 0. The third kappa shape index (κ3) is 4.45. The predicted octanol–water partition coefficient (Wildman–Crippen LogP) is 3.86. The van der Waals surface area contributed by atoms with E-state index >= 15 is 0 Å². The van der Waals surface area contributed by atoms with Gasteiger partial charge in [0.25, 0.3) is 0 Å². The van der Waals surface area contributed by atoms with Crippen molar-refractivity contribution >= 4 is 16.8 Å². The molecule has 2 amide bonds. The van der Waals surface area contributed by atoms with Gasteiger partial charge in [0.05, 0.1) is 14.2 Å². The number of amides is 2. The van der Waals surface area contributed by atoms with Crippen molar-refractivity contribution in [3.05, 3.63) is 71.8 Å². The van der Waals surface area contributed by atoms with Crippen molar-refractivity contribution in [2.75, 3.05) is 14.2 Å². The number of benzene rings is 3. The van der Waals surface area contributed by atoms with Gasteiger partial charge in [-0.15, -0.1) is 0 Å². The van der Waals surface area contributed by atoms with Gasteiger partial charge in [0, 0.05) is 13.1 Å². The number of carbonyl (C=O) groups is 1. The van der Waals surface area contributed by atoms with E-state index in [1.54, 1.807) is 14.2 Å². The molecule has 0 fully saturated rings. The Balaban J connectivity index is 1.54. The number of urea groups is 1. The highest BCUT2D eigenvalue weighted by atomic mass is 16.5. The maximum absolute atomic E-state index is 12.0. The molecule has 0 atom stereocenters. The molecule has 3 aromatic rings. The lowest BCUT2D eigenvalue weighted by atomic mass is 10.1. The van der Waals surface area contributed by atoms with Crippen LogP contribution < -0.4 is 20.1 Å². The van der Waals surface area contributed by atoms with Crippen molar-refractivity contribution in [2.45, 2.75) is 13.1 Å². The third-order valence-corrected chi connectivity index (χ3v) is 4.15. The van der Waals surface area contributed by atoms with Gasteiger partial charge in [-0.3, -0.25) is 0 Å². The molecule has 5 nitrogen and oxygen atoms in total. The highest BCUT2D eigenvalue weighted by molar-refractivity contribution is 5.84. The second kappa shape index (κ2) is 8.25. The van der Waals surface area contributed by atoms with Crippen molar-refractivity contribution in [1.82, 2.24) is 10.6 Å². The van der Waals surface area contributed by atoms with E-state index in [-0.39, 0.29) is 6.03 Å². The largest absolute Gasteiger partial charge is 0.497 e. The van der Waals surface area contributed by atoms with Crippen LogP contribution in [0.3, 0.4) is 0 Å². The monoisotopic (exact) mass is 350 g/mol. The molecule has 0 aliphatic heterocycles. The van der Waals surface area contributed by atoms with Gasteiger partial charge in [0.2, 0.25) is 0 Å². The number of rotatable bonds is 6. The zero-order valence-electron chi connectivity index (χ0n) is 14.9. The summed E-state index contributed by atoms with van der Waals surface area (Å²) in [5, 5.41) is 7.95. The van der Waals surface area contributed by atoms with Crippen LogP contribution in [0.15, 0.2) is 60.7 Å². The van der Waals surface area contributed by atoms with Crippen molar-refractivity contribution in [1.29, 1.82) is 0 Å². The van der Waals surface area contributed by atoms with Gasteiger partial charge in [-0.05, 0) is 52.2 Å². The molecule has 26 heavy (non-hydrogen) atoms. The molecule has 0 aromatic heterocycles. The SMILES string of the molecule is COc1cccc(CNC(=O)NCc2ccc3cc(OC)ccc3c2)c1. The van der Waals surface area contributed by atoms with Gasteiger partial charge in [0.15, 0.2) is 0 Å². The number of fused-ring (bicyclic) bond motifs is 1. The minimum Gasteiger partial charge on any atom is -0.497 e. The Morgan fingerprint density at radius 2 is 1.38 bits per heavy atom. The van der Waals surface area contributed by atoms with E-state index < -0.39 is 0 Å². The molecule has 3 aromatic carbocycles. The molecule has 0 heterocycles. The fourth-order valence-corrected chi connectivity index (χ4v) is 2.72. The number of hydrogen-bond donors (Lipinski definition) is 2. The van der Waals surface area contributed by atoms with Crippen LogP contribution in [-0.4, -0.2) is 20.3 Å². The van der Waals surface area contributed by atoms with Crippen LogP contribution in [0.2, 0.25) is 0 Å². The van der Waals surface area contributed by atoms with E-state index in [4.69, 9.17) is 9.47 Å². The summed E-state index contributed by atoms with van der Waals surface area (Å²) in [4.78, 5) is 12.0. The average molecular weight is 350 g/mol. The molecule has 3 rings (SSSR count). The predicted molar refractivity (Wildman–Crippen MR) is 103 cm³/mol. The van der Waals surface area contributed by atoms with Gasteiger partial charge in [-0.25, -0.2) is 4.79 Å². The molecule has 0 saturated heterocycles. The smallest absolute Gasteiger partial charge is 0.315 e. The summed E-state index contributed by atoms with van der Waals surface area (Å²) in [5.74, 6) is 1.61. The summed E-state index contributed by atoms with van der Waals surface area (Å²) in [6.45, 7) is 0.909. The third-order valence-electron chi connectivity index (χ3n) is 4.15. The molecule has 0 spiro atoms.